The van der Waals surface area contributed by atoms with Gasteiger partial charge in [0.2, 0.25) is 0 Å². The Kier molecular flexibility index (Phi) is 12.1. The van der Waals surface area contributed by atoms with Crippen LogP contribution in [0.4, 0.5) is 0 Å². The zero-order valence-corrected chi connectivity index (χ0v) is 10.0. The highest BCUT2D eigenvalue weighted by atomic mass is 16.6. The largest absolute Gasteiger partial charge is 0.471 e. The molecule has 0 aromatic rings. The maximum absolute atomic E-state index is 10.5. The van der Waals surface area contributed by atoms with E-state index in [9.17, 15) is 9.59 Å². The van der Waals surface area contributed by atoms with Crippen molar-refractivity contribution in [2.45, 2.75) is 33.3 Å². The molecule has 0 aromatic heterocycles. The van der Waals surface area contributed by atoms with Crippen LogP contribution in [0.25, 0.3) is 0 Å². The summed E-state index contributed by atoms with van der Waals surface area (Å²) in [6, 6.07) is 0. The van der Waals surface area contributed by atoms with Gasteiger partial charge in [-0.05, 0) is 6.42 Å². The van der Waals surface area contributed by atoms with Crippen LogP contribution in [-0.4, -0.2) is 38.2 Å². The van der Waals surface area contributed by atoms with Crippen molar-refractivity contribution in [2.75, 3.05) is 13.7 Å². The van der Waals surface area contributed by atoms with Crippen molar-refractivity contribution in [3.63, 3.8) is 0 Å². The van der Waals surface area contributed by atoms with E-state index in [1.807, 2.05) is 6.92 Å². The highest BCUT2D eigenvalue weighted by molar-refractivity contribution is 5.67. The maximum Gasteiger partial charge on any atom is 0.303 e. The van der Waals surface area contributed by atoms with Crippen molar-refractivity contribution in [1.82, 2.24) is 0 Å². The first-order valence-corrected chi connectivity index (χ1v) is 4.74. The van der Waals surface area contributed by atoms with Crippen molar-refractivity contribution >= 4 is 18.4 Å². The molecule has 1 atom stereocenters. The third kappa shape index (κ3) is 14.9. The number of esters is 2. The number of ether oxygens (including phenoxy) is 3. The van der Waals surface area contributed by atoms with Crippen LogP contribution in [0.5, 0.6) is 0 Å². The van der Waals surface area contributed by atoms with Crippen LogP contribution < -0.4 is 0 Å². The molecule has 16 heavy (non-hydrogen) atoms. The summed E-state index contributed by atoms with van der Waals surface area (Å²) in [6.07, 6.45) is 0.332. The highest BCUT2D eigenvalue weighted by Crippen LogP contribution is 1.99. The van der Waals surface area contributed by atoms with Gasteiger partial charge in [-0.3, -0.25) is 14.4 Å². The highest BCUT2D eigenvalue weighted by Gasteiger charge is 2.10. The average Bonchev–Trinajstić information content (AvgIpc) is 2.23. The van der Waals surface area contributed by atoms with E-state index in [0.717, 1.165) is 0 Å². The lowest BCUT2D eigenvalue weighted by Gasteiger charge is -2.13. The van der Waals surface area contributed by atoms with Gasteiger partial charge in [0.1, 0.15) is 12.7 Å². The van der Waals surface area contributed by atoms with Gasteiger partial charge in [0.15, 0.2) is 0 Å². The van der Waals surface area contributed by atoms with Gasteiger partial charge in [0, 0.05) is 13.8 Å². The third-order valence-electron chi connectivity index (χ3n) is 1.36. The van der Waals surface area contributed by atoms with Crippen LogP contribution in [0, 0.1) is 0 Å². The fourth-order valence-corrected chi connectivity index (χ4v) is 0.680. The zero-order valence-electron chi connectivity index (χ0n) is 10.0. The molecular formula is C10H18O6. The fourth-order valence-electron chi connectivity index (χ4n) is 0.680. The Morgan fingerprint density at radius 3 is 2.00 bits per heavy atom. The predicted octanol–water partition coefficient (Wildman–Crippen LogP) is 0.680. The smallest absolute Gasteiger partial charge is 0.303 e. The third-order valence-corrected chi connectivity index (χ3v) is 1.36. The Labute approximate surface area is 94.9 Å². The molecule has 0 bridgehead atoms. The molecule has 0 saturated heterocycles. The van der Waals surface area contributed by atoms with E-state index in [0.29, 0.717) is 12.9 Å². The van der Waals surface area contributed by atoms with Crippen molar-refractivity contribution in [3.8, 4) is 0 Å². The minimum atomic E-state index is -0.361. The van der Waals surface area contributed by atoms with Crippen LogP contribution in [0.2, 0.25) is 0 Å². The van der Waals surface area contributed by atoms with Crippen molar-refractivity contribution in [2.24, 2.45) is 0 Å². The maximum atomic E-state index is 10.5. The van der Waals surface area contributed by atoms with Crippen LogP contribution >= 0.6 is 0 Å². The lowest BCUT2D eigenvalue weighted by Crippen LogP contribution is -2.22. The van der Waals surface area contributed by atoms with Crippen LogP contribution in [0.1, 0.15) is 27.2 Å². The van der Waals surface area contributed by atoms with Gasteiger partial charge in [-0.15, -0.1) is 0 Å². The number of carbonyl (C=O) groups excluding carboxylic acids is 3. The normalized spacial score (nSPS) is 10.2. The second-order valence-corrected chi connectivity index (χ2v) is 2.77. The number of hydrogen-bond acceptors (Lipinski definition) is 6. The molecule has 0 fully saturated rings. The molecule has 6 heteroatoms. The molecule has 0 radical (unpaired) electrons. The van der Waals surface area contributed by atoms with E-state index < -0.39 is 0 Å². The van der Waals surface area contributed by atoms with E-state index in [4.69, 9.17) is 9.53 Å². The molecule has 0 rings (SSSR count). The Hall–Kier alpha value is -1.59. The van der Waals surface area contributed by atoms with Crippen LogP contribution in [0.3, 0.4) is 0 Å². The van der Waals surface area contributed by atoms with Crippen molar-refractivity contribution in [1.29, 1.82) is 0 Å². The summed E-state index contributed by atoms with van der Waals surface area (Å²) in [5.74, 6) is -0.713. The summed E-state index contributed by atoms with van der Waals surface area (Å²) in [4.78, 5) is 29.8. The van der Waals surface area contributed by atoms with Gasteiger partial charge in [-0.1, -0.05) is 6.92 Å². The van der Waals surface area contributed by atoms with E-state index in [1.165, 1.54) is 21.0 Å². The fraction of sp³-hybridized carbons (Fsp3) is 0.700. The molecular weight excluding hydrogens is 216 g/mol. The second kappa shape index (κ2) is 11.5. The number of carbonyl (C=O) groups is 3. The first-order valence-electron chi connectivity index (χ1n) is 4.74. The Morgan fingerprint density at radius 1 is 1.25 bits per heavy atom. The van der Waals surface area contributed by atoms with E-state index in [-0.39, 0.29) is 24.6 Å². The van der Waals surface area contributed by atoms with E-state index in [1.54, 1.807) is 0 Å². The summed E-state index contributed by atoms with van der Waals surface area (Å²) >= 11 is 0. The van der Waals surface area contributed by atoms with Gasteiger partial charge < -0.3 is 14.2 Å². The lowest BCUT2D eigenvalue weighted by molar-refractivity contribution is -0.156. The van der Waals surface area contributed by atoms with Crippen LogP contribution in [0.15, 0.2) is 0 Å². The Morgan fingerprint density at radius 2 is 1.75 bits per heavy atom. The molecule has 94 valence electrons. The van der Waals surface area contributed by atoms with Gasteiger partial charge >= 0.3 is 11.9 Å². The summed E-state index contributed by atoms with van der Waals surface area (Å²) in [6.45, 7) is 5.03. The number of hydrogen-bond donors (Lipinski definition) is 0. The van der Waals surface area contributed by atoms with Crippen molar-refractivity contribution in [3.05, 3.63) is 0 Å². The zero-order chi connectivity index (χ0) is 13.0. The minimum absolute atomic E-state index is 0.144. The summed E-state index contributed by atoms with van der Waals surface area (Å²) in [5, 5.41) is 0. The summed E-state index contributed by atoms with van der Waals surface area (Å²) < 4.78 is 13.4. The topological polar surface area (TPSA) is 78.9 Å². The standard InChI is InChI=1S/C8H14O4.C2H4O2/c1-4-8(12-7(3)10)5-11-6(2)9;1-4-2-3/h8H,4-5H2,1-3H3;2H,1H3. The first kappa shape index (κ1) is 16.8. The Balaban J connectivity index is 0. The Bertz CT molecular complexity index is 213. The van der Waals surface area contributed by atoms with E-state index >= 15 is 0 Å². The quantitative estimate of drug-likeness (QED) is 0.395. The van der Waals surface area contributed by atoms with Crippen LogP contribution in [-0.2, 0) is 28.6 Å². The molecule has 0 aliphatic carbocycles. The number of rotatable bonds is 5. The van der Waals surface area contributed by atoms with Gasteiger partial charge in [0.25, 0.3) is 6.47 Å². The average molecular weight is 234 g/mol. The van der Waals surface area contributed by atoms with E-state index in [2.05, 4.69) is 9.47 Å². The number of methoxy groups -OCH3 is 1. The molecule has 6 nitrogen and oxygen atoms in total. The lowest BCUT2D eigenvalue weighted by atomic mass is 10.3. The van der Waals surface area contributed by atoms with Gasteiger partial charge in [0.05, 0.1) is 7.11 Å². The summed E-state index contributed by atoms with van der Waals surface area (Å²) in [7, 11) is 1.31. The second-order valence-electron chi connectivity index (χ2n) is 2.77. The predicted molar refractivity (Wildman–Crippen MR) is 55.6 cm³/mol. The van der Waals surface area contributed by atoms with Gasteiger partial charge in [-0.25, -0.2) is 0 Å². The molecule has 0 aliphatic heterocycles. The van der Waals surface area contributed by atoms with Crippen molar-refractivity contribution < 1.29 is 28.6 Å². The first-order chi connectivity index (χ1) is 7.47. The monoisotopic (exact) mass is 234 g/mol. The molecule has 0 amide bonds. The molecule has 0 aromatic carbocycles. The molecule has 0 aliphatic rings. The molecule has 0 heterocycles. The minimum Gasteiger partial charge on any atom is -0.471 e. The SMILES string of the molecule is CCC(COC(C)=O)OC(C)=O.COC=O. The molecule has 0 N–H and O–H groups in total. The molecule has 1 unspecified atom stereocenters. The summed E-state index contributed by atoms with van der Waals surface area (Å²) in [5.41, 5.74) is 0. The molecule has 0 saturated carbocycles. The van der Waals surface area contributed by atoms with Gasteiger partial charge in [-0.2, -0.15) is 0 Å². The molecule has 0 spiro atoms.